The number of fused-ring (bicyclic) bond motifs is 6. The van der Waals surface area contributed by atoms with Gasteiger partial charge in [0.2, 0.25) is 0 Å². The van der Waals surface area contributed by atoms with E-state index in [0.29, 0.717) is 142 Å². The fraction of sp³-hybridized carbons (Fsp3) is 0.600. The zero-order valence-corrected chi connectivity index (χ0v) is 56.2. The highest BCUT2D eigenvalue weighted by Gasteiger charge is 2.13. The standard InChI is InChI=1S/C80H112O8/c1-9-17-25-33-49-81-73-63-74(82-50-34-26-18-10-2)70-46-42-67-61-79(87-55-39-31-23-15-7)80(88-56-40-32-24-16-8)62-68(67)44-48-72-58-71(75(83-51-35-27-19-11-3)64-76(72)84-52-36-28-20-12-4)47-43-66-60-78(86-54-38-30-22-14-6)77(85-53-37-29-21-13-5)59-65(66)41-45-69(73)57-70/h57-64H,9-40,49-56H2,1-8H3. The van der Waals surface area contributed by atoms with E-state index in [4.69, 9.17) is 37.9 Å². The van der Waals surface area contributed by atoms with E-state index in [2.05, 4.69) is 104 Å². The first-order valence-corrected chi connectivity index (χ1v) is 35.2. The second-order valence-corrected chi connectivity index (χ2v) is 23.7. The predicted octanol–water partition coefficient (Wildman–Crippen LogP) is 23.2. The highest BCUT2D eigenvalue weighted by molar-refractivity contribution is 5.86. The maximum absolute atomic E-state index is 6.74. The van der Waals surface area contributed by atoms with E-state index in [1.807, 2.05) is 48.5 Å². The van der Waals surface area contributed by atoms with Crippen LogP contribution in [0.15, 0.2) is 48.5 Å². The molecule has 0 amide bonds. The second-order valence-electron chi connectivity index (χ2n) is 23.7. The van der Waals surface area contributed by atoms with Gasteiger partial charge in [-0.3, -0.25) is 0 Å². The average Bonchev–Trinajstić information content (AvgIpc) is 3.34. The molecule has 0 fully saturated rings. The third-order valence-corrected chi connectivity index (χ3v) is 15.7. The van der Waals surface area contributed by atoms with Gasteiger partial charge in [0.25, 0.3) is 0 Å². The molecule has 5 aromatic carbocycles. The molecule has 0 aliphatic carbocycles. The van der Waals surface area contributed by atoms with Gasteiger partial charge in [0.15, 0.2) is 23.0 Å². The summed E-state index contributed by atoms with van der Waals surface area (Å²) in [5, 5.41) is 5.65. The Morgan fingerprint density at radius 2 is 0.330 bits per heavy atom. The minimum absolute atomic E-state index is 0.552. The van der Waals surface area contributed by atoms with Gasteiger partial charge in [-0.15, -0.1) is 0 Å². The molecule has 5 rings (SSSR count). The summed E-state index contributed by atoms with van der Waals surface area (Å²) in [4.78, 5) is 0. The Bertz CT molecular complexity index is 2480. The number of unbranched alkanes of at least 4 members (excludes halogenated alkanes) is 24. The Morgan fingerprint density at radius 1 is 0.170 bits per heavy atom. The molecule has 0 saturated carbocycles. The number of hydrogen-bond acceptors (Lipinski definition) is 8. The highest BCUT2D eigenvalue weighted by Crippen LogP contribution is 2.36. The molecule has 4 bridgehead atoms. The molecule has 8 nitrogen and oxygen atoms in total. The Labute approximate surface area is 535 Å². The van der Waals surface area contributed by atoms with Crippen LogP contribution in [0.1, 0.15) is 261 Å². The van der Waals surface area contributed by atoms with Crippen molar-refractivity contribution >= 4 is 43.1 Å². The van der Waals surface area contributed by atoms with Crippen LogP contribution in [0.25, 0.3) is 43.1 Å². The van der Waals surface area contributed by atoms with Crippen molar-refractivity contribution in [1.82, 2.24) is 0 Å². The average molecular weight is 1200 g/mol. The predicted molar refractivity (Wildman–Crippen MR) is 368 cm³/mol. The zero-order chi connectivity index (χ0) is 62.5. The van der Waals surface area contributed by atoms with Crippen LogP contribution < -0.4 is 37.9 Å². The normalized spacial score (nSPS) is 10.8. The molecular weight excluding hydrogens is 1090 g/mol. The van der Waals surface area contributed by atoms with Crippen molar-refractivity contribution in [3.05, 3.63) is 97.1 Å². The van der Waals surface area contributed by atoms with E-state index in [1.165, 1.54) is 0 Å². The number of rotatable bonds is 48. The van der Waals surface area contributed by atoms with E-state index in [1.54, 1.807) is 0 Å². The van der Waals surface area contributed by atoms with Gasteiger partial charge in [-0.1, -0.05) is 258 Å². The van der Waals surface area contributed by atoms with Crippen LogP contribution in [0.2, 0.25) is 0 Å². The summed E-state index contributed by atoms with van der Waals surface area (Å²) in [6, 6.07) is 45.2. The van der Waals surface area contributed by atoms with Gasteiger partial charge in [-0.2, -0.15) is 0 Å². The first-order chi connectivity index (χ1) is 43.4. The van der Waals surface area contributed by atoms with Crippen LogP contribution in [-0.4, -0.2) is 52.9 Å². The smallest absolute Gasteiger partial charge is 0.162 e. The molecule has 0 saturated heterocycles. The molecule has 0 aliphatic heterocycles. The molecule has 0 spiro atoms. The fourth-order valence-corrected chi connectivity index (χ4v) is 10.2. The molecule has 480 valence electrons. The second kappa shape index (κ2) is 45.7. The summed E-state index contributed by atoms with van der Waals surface area (Å²) in [6.07, 6.45) is 34.6. The Hall–Kier alpha value is -6.48. The van der Waals surface area contributed by atoms with Crippen LogP contribution in [0.3, 0.4) is 0 Å². The zero-order valence-electron chi connectivity index (χ0n) is 56.2. The molecule has 0 N–H and O–H groups in total. The minimum Gasteiger partial charge on any atom is -0.492 e. The van der Waals surface area contributed by atoms with E-state index in [-0.39, 0.29) is 0 Å². The fourth-order valence-electron chi connectivity index (χ4n) is 10.2. The van der Waals surface area contributed by atoms with Gasteiger partial charge in [-0.25, -0.2) is 0 Å². The van der Waals surface area contributed by atoms with E-state index in [0.717, 1.165) is 205 Å². The van der Waals surface area contributed by atoms with Crippen LogP contribution in [0, 0.1) is 48.5 Å². The Balaban J connectivity index is 1.97. The monoisotopic (exact) mass is 1200 g/mol. The summed E-state index contributed by atoms with van der Waals surface area (Å²) in [5.74, 6) is 5.29. The lowest BCUT2D eigenvalue weighted by atomic mass is 10.1. The van der Waals surface area contributed by atoms with Crippen LogP contribution in [0.4, 0.5) is 0 Å². The summed E-state index contributed by atoms with van der Waals surface area (Å²) in [5.41, 5.74) is 0. The van der Waals surface area contributed by atoms with Crippen molar-refractivity contribution in [2.24, 2.45) is 0 Å². The number of benzene rings is 4. The number of ether oxygens (including phenoxy) is 8. The van der Waals surface area contributed by atoms with Crippen molar-refractivity contribution in [3.63, 3.8) is 0 Å². The van der Waals surface area contributed by atoms with Gasteiger partial charge in [0, 0.05) is 57.9 Å². The first-order valence-electron chi connectivity index (χ1n) is 35.2. The third-order valence-electron chi connectivity index (χ3n) is 15.7. The first kappa shape index (κ1) is 72.3. The van der Waals surface area contributed by atoms with Gasteiger partial charge in [0.1, 0.15) is 23.0 Å². The van der Waals surface area contributed by atoms with Crippen molar-refractivity contribution in [1.29, 1.82) is 0 Å². The Kier molecular flexibility index (Phi) is 37.6. The largest absolute Gasteiger partial charge is 0.492 e. The van der Waals surface area contributed by atoms with E-state index >= 15 is 0 Å². The molecule has 0 heterocycles. The molecule has 8 heteroatoms. The van der Waals surface area contributed by atoms with Crippen molar-refractivity contribution in [2.45, 2.75) is 261 Å². The summed E-state index contributed by atoms with van der Waals surface area (Å²) < 4.78 is 53.6. The highest BCUT2D eigenvalue weighted by atomic mass is 16.5. The van der Waals surface area contributed by atoms with Crippen molar-refractivity contribution < 1.29 is 37.9 Å². The van der Waals surface area contributed by atoms with E-state index < -0.39 is 0 Å². The van der Waals surface area contributed by atoms with Crippen LogP contribution >= 0.6 is 0 Å². The molecular formula is C80H112O8. The van der Waals surface area contributed by atoms with Gasteiger partial charge < -0.3 is 37.9 Å². The van der Waals surface area contributed by atoms with Crippen molar-refractivity contribution in [2.75, 3.05) is 52.9 Å². The van der Waals surface area contributed by atoms with Gasteiger partial charge >= 0.3 is 0 Å². The summed E-state index contributed by atoms with van der Waals surface area (Å²) >= 11 is 0. The maximum Gasteiger partial charge on any atom is 0.162 e. The SMILES string of the molecule is CCCCCCOc1cc2c#cc3cc(c#cc4cc(OCCCCCC)c(OCCCCCC)cc4c#cc4cc(c#cc2cc1OCCCCCC)c(OCCCCCC)cc4OCCCCCC)c(OCCCCCC)cc3OCCCCCC. The van der Waals surface area contributed by atoms with Gasteiger partial charge in [0.05, 0.1) is 74.4 Å². The quantitative estimate of drug-likeness (QED) is 0.0357. The lowest BCUT2D eigenvalue weighted by Crippen LogP contribution is -2.03. The number of hydrogen-bond donors (Lipinski definition) is 0. The van der Waals surface area contributed by atoms with Crippen molar-refractivity contribution in [3.8, 4) is 46.0 Å². The van der Waals surface area contributed by atoms with Gasteiger partial charge in [-0.05, 0) is 63.5 Å². The lowest BCUT2D eigenvalue weighted by molar-refractivity contribution is 0.259. The third kappa shape index (κ3) is 27.5. The Morgan fingerprint density at radius 3 is 0.500 bits per heavy atom. The van der Waals surface area contributed by atoms with E-state index in [9.17, 15) is 0 Å². The maximum atomic E-state index is 6.74. The van der Waals surface area contributed by atoms with Crippen LogP contribution in [-0.2, 0) is 0 Å². The molecule has 5 aromatic rings. The molecule has 88 heavy (non-hydrogen) atoms. The molecule has 0 atom stereocenters. The summed E-state index contributed by atoms with van der Waals surface area (Å²) in [6.45, 7) is 22.3. The van der Waals surface area contributed by atoms with Crippen LogP contribution in [0.5, 0.6) is 46.0 Å². The molecule has 0 aromatic heterocycles. The topological polar surface area (TPSA) is 73.8 Å². The minimum atomic E-state index is 0.552. The molecule has 0 unspecified atom stereocenters. The molecule has 0 aliphatic rings. The summed E-state index contributed by atoms with van der Waals surface area (Å²) in [7, 11) is 0. The lowest BCUT2D eigenvalue weighted by Gasteiger charge is -2.13. The molecule has 0 radical (unpaired) electrons.